The predicted molar refractivity (Wildman–Crippen MR) is 61.7 cm³/mol. The van der Waals surface area contributed by atoms with E-state index in [1.807, 2.05) is 4.98 Å². The summed E-state index contributed by atoms with van der Waals surface area (Å²) in [5, 5.41) is 17.2. The first-order valence-electron chi connectivity index (χ1n) is 4.92. The Bertz CT molecular complexity index is 745. The number of H-pyrrole nitrogens is 2. The van der Waals surface area contributed by atoms with E-state index in [-0.39, 0.29) is 0 Å². The molecule has 0 aliphatic rings. The first-order chi connectivity index (χ1) is 9.13. The number of aromatic amines is 2. The van der Waals surface area contributed by atoms with Gasteiger partial charge in [0.15, 0.2) is 4.90 Å². The van der Waals surface area contributed by atoms with E-state index in [2.05, 4.69) is 0 Å². The first kappa shape index (κ1) is 15.6. The molecule has 0 unspecified atom stereocenters. The van der Waals surface area contributed by atoms with Crippen LogP contribution in [0.1, 0.15) is 6.42 Å². The summed E-state index contributed by atoms with van der Waals surface area (Å²) in [5.74, 6) is -3.27. The Kier molecular flexibility index (Phi) is 4.41. The number of carboxylic acid groups (broad SMARTS) is 2. The molecule has 1 aromatic rings. The predicted octanol–water partition coefficient (Wildman–Crippen LogP) is -2.73. The lowest BCUT2D eigenvalue weighted by Crippen LogP contribution is -2.44. The first-order valence-corrected chi connectivity index (χ1v) is 6.40. The van der Waals surface area contributed by atoms with Crippen molar-refractivity contribution in [2.45, 2.75) is 17.4 Å². The molecule has 0 amide bonds. The molecule has 0 bridgehead atoms. The third-order valence-corrected chi connectivity index (χ3v) is 3.53. The fraction of sp³-hybridized carbons (Fsp3) is 0.250. The van der Waals surface area contributed by atoms with Gasteiger partial charge in [0.05, 0.1) is 6.42 Å². The van der Waals surface area contributed by atoms with E-state index in [9.17, 15) is 27.6 Å². The minimum atomic E-state index is -4.61. The SMILES string of the molecule is O=C(O)C[C@H](NS(=O)(=O)c1c[nH]c(=O)[nH]c1=O)C(=O)O. The van der Waals surface area contributed by atoms with Gasteiger partial charge in [-0.3, -0.25) is 19.4 Å². The van der Waals surface area contributed by atoms with Crippen LogP contribution in [0.5, 0.6) is 0 Å². The Morgan fingerprint density at radius 2 is 1.90 bits per heavy atom. The lowest BCUT2D eigenvalue weighted by Gasteiger charge is -2.11. The maximum atomic E-state index is 11.8. The van der Waals surface area contributed by atoms with E-state index in [0.29, 0.717) is 6.20 Å². The van der Waals surface area contributed by atoms with Crippen LogP contribution in [0.25, 0.3) is 0 Å². The molecule has 0 saturated carbocycles. The van der Waals surface area contributed by atoms with Crippen LogP contribution >= 0.6 is 0 Å². The highest BCUT2D eigenvalue weighted by Gasteiger charge is 2.29. The summed E-state index contributed by atoms with van der Waals surface area (Å²) in [4.78, 5) is 45.8. The van der Waals surface area contributed by atoms with Crippen LogP contribution in [0.15, 0.2) is 20.7 Å². The van der Waals surface area contributed by atoms with Gasteiger partial charge in [0.1, 0.15) is 6.04 Å². The van der Waals surface area contributed by atoms with Crippen molar-refractivity contribution < 1.29 is 28.2 Å². The summed E-state index contributed by atoms with van der Waals surface area (Å²) in [6, 6.07) is -1.95. The van der Waals surface area contributed by atoms with Gasteiger partial charge in [-0.1, -0.05) is 0 Å². The molecular weight excluding hydrogens is 298 g/mol. The van der Waals surface area contributed by atoms with Gasteiger partial charge in [0.2, 0.25) is 10.0 Å². The van der Waals surface area contributed by atoms with Gasteiger partial charge in [0, 0.05) is 6.20 Å². The molecule has 0 radical (unpaired) electrons. The topological polar surface area (TPSA) is 186 Å². The number of rotatable bonds is 6. The minimum absolute atomic E-state index is 0.573. The second-order valence-corrected chi connectivity index (χ2v) is 5.23. The average Bonchev–Trinajstić information content (AvgIpc) is 2.26. The summed E-state index contributed by atoms with van der Waals surface area (Å²) in [6.07, 6.45) is -0.445. The van der Waals surface area contributed by atoms with Gasteiger partial charge < -0.3 is 15.2 Å². The van der Waals surface area contributed by atoms with E-state index in [4.69, 9.17) is 10.2 Å². The van der Waals surface area contributed by atoms with Crippen molar-refractivity contribution in [3.05, 3.63) is 27.0 Å². The molecule has 0 aromatic carbocycles. The lowest BCUT2D eigenvalue weighted by atomic mass is 10.2. The molecule has 0 fully saturated rings. The second-order valence-electron chi connectivity index (χ2n) is 3.55. The molecule has 1 rings (SSSR count). The average molecular weight is 307 g/mol. The van der Waals surface area contributed by atoms with Crippen LogP contribution < -0.4 is 16.0 Å². The van der Waals surface area contributed by atoms with Gasteiger partial charge in [-0.25, -0.2) is 13.2 Å². The lowest BCUT2D eigenvalue weighted by molar-refractivity contribution is -0.145. The van der Waals surface area contributed by atoms with Crippen molar-refractivity contribution in [3.63, 3.8) is 0 Å². The summed E-state index contributed by atoms with van der Waals surface area (Å²) in [6.45, 7) is 0. The van der Waals surface area contributed by atoms with Gasteiger partial charge in [-0.15, -0.1) is 0 Å². The highest BCUT2D eigenvalue weighted by molar-refractivity contribution is 7.89. The minimum Gasteiger partial charge on any atom is -0.481 e. The summed E-state index contributed by atoms with van der Waals surface area (Å²) < 4.78 is 25.1. The Labute approximate surface area is 110 Å². The van der Waals surface area contributed by atoms with Crippen molar-refractivity contribution in [2.75, 3.05) is 0 Å². The Morgan fingerprint density at radius 1 is 1.30 bits per heavy atom. The number of sulfonamides is 1. The standard InChI is InChI=1S/C8H9N3O8S/c12-5(13)1-3(7(15)16)11-20(18,19)4-2-9-8(17)10-6(4)14/h2-3,11H,1H2,(H,12,13)(H,15,16)(H2,9,10,14,17)/t3-/m0/s1. The van der Waals surface area contributed by atoms with E-state index < -0.39 is 50.6 Å². The zero-order valence-electron chi connectivity index (χ0n) is 9.61. The maximum Gasteiger partial charge on any atom is 0.325 e. The molecule has 20 heavy (non-hydrogen) atoms. The van der Waals surface area contributed by atoms with Crippen LogP contribution in [0.3, 0.4) is 0 Å². The number of carboxylic acids is 2. The fourth-order valence-electron chi connectivity index (χ4n) is 1.20. The number of carbonyl (C=O) groups is 2. The van der Waals surface area contributed by atoms with E-state index >= 15 is 0 Å². The van der Waals surface area contributed by atoms with Gasteiger partial charge in [0.25, 0.3) is 5.56 Å². The van der Waals surface area contributed by atoms with E-state index in [1.165, 1.54) is 0 Å². The highest BCUT2D eigenvalue weighted by atomic mass is 32.2. The molecule has 1 atom stereocenters. The van der Waals surface area contributed by atoms with Crippen molar-refractivity contribution in [3.8, 4) is 0 Å². The smallest absolute Gasteiger partial charge is 0.325 e. The van der Waals surface area contributed by atoms with Crippen molar-refractivity contribution in [1.29, 1.82) is 0 Å². The third kappa shape index (κ3) is 3.76. The summed E-state index contributed by atoms with van der Waals surface area (Å²) in [7, 11) is -4.61. The molecule has 110 valence electrons. The van der Waals surface area contributed by atoms with Crippen LogP contribution in [0.2, 0.25) is 0 Å². The molecule has 0 aliphatic heterocycles. The molecule has 5 N–H and O–H groups in total. The van der Waals surface area contributed by atoms with Crippen LogP contribution in [-0.4, -0.2) is 46.6 Å². The van der Waals surface area contributed by atoms with Crippen molar-refractivity contribution >= 4 is 22.0 Å². The van der Waals surface area contributed by atoms with Crippen LogP contribution in [0.4, 0.5) is 0 Å². The fourth-order valence-corrected chi connectivity index (χ4v) is 2.40. The van der Waals surface area contributed by atoms with Crippen molar-refractivity contribution in [1.82, 2.24) is 14.7 Å². The molecule has 1 aromatic heterocycles. The molecule has 11 nitrogen and oxygen atoms in total. The maximum absolute atomic E-state index is 11.8. The summed E-state index contributed by atoms with van der Waals surface area (Å²) in [5.41, 5.74) is -2.21. The van der Waals surface area contributed by atoms with E-state index in [1.54, 1.807) is 9.71 Å². The molecule has 0 aliphatic carbocycles. The van der Waals surface area contributed by atoms with Gasteiger partial charge in [-0.05, 0) is 0 Å². The van der Waals surface area contributed by atoms with Crippen molar-refractivity contribution in [2.24, 2.45) is 0 Å². The third-order valence-electron chi connectivity index (χ3n) is 2.05. The van der Waals surface area contributed by atoms with Gasteiger partial charge in [-0.2, -0.15) is 4.72 Å². The summed E-state index contributed by atoms with van der Waals surface area (Å²) >= 11 is 0. The van der Waals surface area contributed by atoms with Crippen LogP contribution in [0, 0.1) is 0 Å². The molecule has 0 spiro atoms. The number of nitrogens with one attached hydrogen (secondary N) is 3. The molecular formula is C8H9N3O8S. The second kappa shape index (κ2) is 5.66. The normalized spacial score (nSPS) is 12.8. The Hall–Kier alpha value is -2.47. The molecule has 12 heteroatoms. The number of hydrogen-bond donors (Lipinski definition) is 5. The highest BCUT2D eigenvalue weighted by Crippen LogP contribution is 2.03. The molecule has 0 saturated heterocycles. The Morgan fingerprint density at radius 3 is 2.35 bits per heavy atom. The number of aromatic nitrogens is 2. The number of aliphatic carboxylic acids is 2. The largest absolute Gasteiger partial charge is 0.481 e. The number of hydrogen-bond acceptors (Lipinski definition) is 6. The van der Waals surface area contributed by atoms with Gasteiger partial charge >= 0.3 is 17.6 Å². The van der Waals surface area contributed by atoms with Crippen LogP contribution in [-0.2, 0) is 19.6 Å². The zero-order chi connectivity index (χ0) is 15.5. The molecule has 1 heterocycles. The monoisotopic (exact) mass is 307 g/mol. The van der Waals surface area contributed by atoms with E-state index in [0.717, 1.165) is 0 Å². The quantitative estimate of drug-likeness (QED) is 0.374. The Balaban J connectivity index is 3.16. The zero-order valence-corrected chi connectivity index (χ0v) is 10.4.